The molecule has 7 heteroatoms. The normalized spacial score (nSPS) is 21.3. The highest BCUT2D eigenvalue weighted by Gasteiger charge is 2.45. The molecule has 1 saturated heterocycles. The number of aryl methyl sites for hydroxylation is 3. The first-order valence-corrected chi connectivity index (χ1v) is 13.6. The SMILES string of the molecule is Cc1ccc(S(=O)(=O)N2C[C@@H](C(=O)O)[C@H](Sc3ccc(C)c(C)c3)C[C@H]2c2ccccc2)cc1. The van der Waals surface area contributed by atoms with Gasteiger partial charge in [0.05, 0.1) is 16.9 Å². The summed E-state index contributed by atoms with van der Waals surface area (Å²) >= 11 is 1.53. The Bertz CT molecular complexity index is 1270. The highest BCUT2D eigenvalue weighted by Crippen LogP contribution is 2.44. The number of rotatable bonds is 6. The smallest absolute Gasteiger partial charge is 0.308 e. The summed E-state index contributed by atoms with van der Waals surface area (Å²) in [6.45, 7) is 5.91. The van der Waals surface area contributed by atoms with Gasteiger partial charge < -0.3 is 5.11 Å². The Morgan fingerprint density at radius 2 is 1.62 bits per heavy atom. The Morgan fingerprint density at radius 3 is 2.24 bits per heavy atom. The van der Waals surface area contributed by atoms with Gasteiger partial charge in [0.25, 0.3) is 0 Å². The fraction of sp³-hybridized carbons (Fsp3) is 0.296. The van der Waals surface area contributed by atoms with Crippen LogP contribution < -0.4 is 0 Å². The van der Waals surface area contributed by atoms with E-state index in [1.807, 2.05) is 63.2 Å². The number of thioether (sulfide) groups is 1. The summed E-state index contributed by atoms with van der Waals surface area (Å²) in [6.07, 6.45) is 0.406. The van der Waals surface area contributed by atoms with Crippen molar-refractivity contribution in [2.75, 3.05) is 6.54 Å². The number of aliphatic carboxylic acids is 1. The van der Waals surface area contributed by atoms with E-state index in [1.54, 1.807) is 24.3 Å². The van der Waals surface area contributed by atoms with Gasteiger partial charge in [0.2, 0.25) is 10.0 Å². The Hall–Kier alpha value is -2.61. The predicted octanol–water partition coefficient (Wildman–Crippen LogP) is 5.61. The van der Waals surface area contributed by atoms with Crippen LogP contribution in [0.15, 0.2) is 82.6 Å². The maximum Gasteiger partial charge on any atom is 0.308 e. The Kier molecular flexibility index (Phi) is 7.17. The summed E-state index contributed by atoms with van der Waals surface area (Å²) in [7, 11) is -3.89. The van der Waals surface area contributed by atoms with E-state index in [9.17, 15) is 18.3 Å². The van der Waals surface area contributed by atoms with E-state index in [1.165, 1.54) is 21.6 Å². The first-order chi connectivity index (χ1) is 16.2. The molecule has 3 atom stereocenters. The van der Waals surface area contributed by atoms with Crippen molar-refractivity contribution in [1.29, 1.82) is 0 Å². The van der Waals surface area contributed by atoms with Crippen molar-refractivity contribution in [3.63, 3.8) is 0 Å². The lowest BCUT2D eigenvalue weighted by Gasteiger charge is -2.41. The standard InChI is InChI=1S/C27H29NO4S2/c1-18-9-13-23(14-10-18)34(31,32)28-17-24(27(29)30)26(16-25(28)21-7-5-4-6-8-21)33-22-12-11-19(2)20(3)15-22/h4-15,24-26H,16-17H2,1-3H3,(H,29,30)/t24-,25+,26-/m1/s1. The van der Waals surface area contributed by atoms with E-state index in [-0.39, 0.29) is 16.7 Å². The maximum atomic E-state index is 13.7. The minimum Gasteiger partial charge on any atom is -0.481 e. The molecule has 0 saturated carbocycles. The molecule has 4 rings (SSSR count). The molecule has 0 spiro atoms. The minimum atomic E-state index is -3.89. The van der Waals surface area contributed by atoms with Crippen LogP contribution >= 0.6 is 11.8 Å². The van der Waals surface area contributed by atoms with E-state index in [4.69, 9.17) is 0 Å². The first kappa shape index (κ1) is 24.5. The highest BCUT2D eigenvalue weighted by molar-refractivity contribution is 8.00. The second kappa shape index (κ2) is 9.94. The van der Waals surface area contributed by atoms with Gasteiger partial charge in [-0.25, -0.2) is 8.42 Å². The zero-order valence-electron chi connectivity index (χ0n) is 19.5. The van der Waals surface area contributed by atoms with E-state index >= 15 is 0 Å². The molecule has 1 aliphatic heterocycles. The van der Waals surface area contributed by atoms with Gasteiger partial charge >= 0.3 is 5.97 Å². The van der Waals surface area contributed by atoms with E-state index in [0.29, 0.717) is 6.42 Å². The van der Waals surface area contributed by atoms with Crippen molar-refractivity contribution in [3.8, 4) is 0 Å². The molecular formula is C27H29NO4S2. The Balaban J connectivity index is 1.74. The Labute approximate surface area is 205 Å². The van der Waals surface area contributed by atoms with Crippen LogP contribution in [-0.2, 0) is 14.8 Å². The third-order valence-electron chi connectivity index (χ3n) is 6.52. The zero-order valence-corrected chi connectivity index (χ0v) is 21.1. The summed E-state index contributed by atoms with van der Waals surface area (Å²) in [5, 5.41) is 9.83. The summed E-state index contributed by atoms with van der Waals surface area (Å²) in [6, 6.07) is 21.9. The van der Waals surface area contributed by atoms with Crippen molar-refractivity contribution in [1.82, 2.24) is 4.31 Å². The highest BCUT2D eigenvalue weighted by atomic mass is 32.2. The minimum absolute atomic E-state index is 0.0758. The molecule has 0 aromatic heterocycles. The van der Waals surface area contributed by atoms with Gasteiger partial charge in [-0.3, -0.25) is 4.79 Å². The largest absolute Gasteiger partial charge is 0.481 e. The molecule has 0 amide bonds. The van der Waals surface area contributed by atoms with E-state index in [2.05, 4.69) is 6.07 Å². The van der Waals surface area contributed by atoms with Crippen LogP contribution in [-0.4, -0.2) is 35.6 Å². The Morgan fingerprint density at radius 1 is 0.941 bits per heavy atom. The fourth-order valence-electron chi connectivity index (χ4n) is 4.36. The second-order valence-corrected chi connectivity index (χ2v) is 12.1. The van der Waals surface area contributed by atoms with Crippen LogP contribution in [0.2, 0.25) is 0 Å². The topological polar surface area (TPSA) is 74.7 Å². The average molecular weight is 496 g/mol. The van der Waals surface area contributed by atoms with Crippen molar-refractivity contribution in [3.05, 3.63) is 95.1 Å². The quantitative estimate of drug-likeness (QED) is 0.481. The van der Waals surface area contributed by atoms with E-state index in [0.717, 1.165) is 21.6 Å². The predicted molar refractivity (Wildman–Crippen MR) is 136 cm³/mol. The number of nitrogens with zero attached hydrogens (tertiary/aromatic N) is 1. The summed E-state index contributed by atoms with van der Waals surface area (Å²) in [5.74, 6) is -1.80. The molecule has 1 N–H and O–H groups in total. The van der Waals surface area contributed by atoms with Crippen molar-refractivity contribution in [2.45, 2.75) is 48.3 Å². The van der Waals surface area contributed by atoms with Crippen LogP contribution in [0, 0.1) is 26.7 Å². The third kappa shape index (κ3) is 5.06. The lowest BCUT2D eigenvalue weighted by Crippen LogP contribution is -2.49. The van der Waals surface area contributed by atoms with Crippen LogP contribution in [0.5, 0.6) is 0 Å². The number of carboxylic acid groups (broad SMARTS) is 1. The molecule has 3 aromatic carbocycles. The molecule has 3 aromatic rings. The molecule has 0 aliphatic carbocycles. The van der Waals surface area contributed by atoms with Gasteiger partial charge in [-0.15, -0.1) is 11.8 Å². The van der Waals surface area contributed by atoms with Crippen molar-refractivity contribution >= 4 is 27.8 Å². The van der Waals surface area contributed by atoms with Gasteiger partial charge in [-0.05, 0) is 68.1 Å². The lowest BCUT2D eigenvalue weighted by molar-refractivity contribution is -0.143. The molecule has 5 nitrogen and oxygen atoms in total. The van der Waals surface area contributed by atoms with Crippen molar-refractivity contribution in [2.24, 2.45) is 5.92 Å². The summed E-state index contributed by atoms with van der Waals surface area (Å²) in [5.41, 5.74) is 4.16. The third-order valence-corrected chi connectivity index (χ3v) is 9.76. The van der Waals surface area contributed by atoms with Crippen molar-refractivity contribution < 1.29 is 18.3 Å². The molecule has 0 bridgehead atoms. The number of piperidine rings is 1. The molecular weight excluding hydrogens is 466 g/mol. The molecule has 0 radical (unpaired) electrons. The molecule has 178 valence electrons. The summed E-state index contributed by atoms with van der Waals surface area (Å²) in [4.78, 5) is 13.5. The van der Waals surface area contributed by atoms with E-state index < -0.39 is 28.0 Å². The summed E-state index contributed by atoms with van der Waals surface area (Å²) < 4.78 is 28.8. The number of carboxylic acids is 1. The fourth-order valence-corrected chi connectivity index (χ4v) is 7.40. The second-order valence-electron chi connectivity index (χ2n) is 8.90. The number of sulfonamides is 1. The van der Waals surface area contributed by atoms with Gasteiger partial charge in [-0.2, -0.15) is 4.31 Å². The first-order valence-electron chi connectivity index (χ1n) is 11.3. The van der Waals surface area contributed by atoms with Crippen LogP contribution in [0.1, 0.15) is 34.7 Å². The van der Waals surface area contributed by atoms with Gasteiger partial charge in [-0.1, -0.05) is 54.1 Å². The van der Waals surface area contributed by atoms with Gasteiger partial charge in [0.15, 0.2) is 0 Å². The monoisotopic (exact) mass is 495 g/mol. The number of carbonyl (C=O) groups is 1. The zero-order chi connectivity index (χ0) is 24.5. The lowest BCUT2D eigenvalue weighted by atomic mass is 9.90. The van der Waals surface area contributed by atoms with Gasteiger partial charge in [0.1, 0.15) is 0 Å². The molecule has 34 heavy (non-hydrogen) atoms. The molecule has 1 fully saturated rings. The van der Waals surface area contributed by atoms with Gasteiger partial charge in [0, 0.05) is 16.7 Å². The number of benzene rings is 3. The number of hydrogen-bond donors (Lipinski definition) is 1. The van der Waals surface area contributed by atoms with Crippen LogP contribution in [0.4, 0.5) is 0 Å². The molecule has 0 unspecified atom stereocenters. The maximum absolute atomic E-state index is 13.7. The molecule has 1 heterocycles. The molecule has 1 aliphatic rings. The average Bonchev–Trinajstić information content (AvgIpc) is 2.82. The number of hydrogen-bond acceptors (Lipinski definition) is 4. The van der Waals surface area contributed by atoms with Crippen LogP contribution in [0.25, 0.3) is 0 Å². The van der Waals surface area contributed by atoms with Crippen LogP contribution in [0.3, 0.4) is 0 Å².